The molecule has 0 aliphatic carbocycles. The van der Waals surface area contributed by atoms with Crippen LogP contribution in [0.25, 0.3) is 11.0 Å². The maximum Gasteiger partial charge on any atom is 0.228 e. The number of fused-ring (bicyclic) bond motifs is 1. The Morgan fingerprint density at radius 1 is 1.11 bits per heavy atom. The van der Waals surface area contributed by atoms with Crippen LogP contribution in [0.2, 0.25) is 0 Å². The molecule has 0 amide bonds. The summed E-state index contributed by atoms with van der Waals surface area (Å²) in [6.07, 6.45) is 0. The molecule has 0 fully saturated rings. The van der Waals surface area contributed by atoms with E-state index < -0.39 is 5.82 Å². The van der Waals surface area contributed by atoms with Gasteiger partial charge in [-0.15, -0.1) is 0 Å². The fraction of sp³-hybridized carbons (Fsp3) is 0. The van der Waals surface area contributed by atoms with Gasteiger partial charge in [-0.2, -0.15) is 0 Å². The van der Waals surface area contributed by atoms with Crippen LogP contribution >= 0.6 is 15.9 Å². The zero-order chi connectivity index (χ0) is 13.4. The third-order valence-electron chi connectivity index (χ3n) is 2.81. The minimum atomic E-state index is -0.467. The maximum atomic E-state index is 13.5. The molecule has 0 aliphatic rings. The zero-order valence-corrected chi connectivity index (χ0v) is 11.3. The van der Waals surface area contributed by atoms with E-state index in [1.54, 1.807) is 36.4 Å². The third-order valence-corrected chi connectivity index (χ3v) is 3.30. The summed E-state index contributed by atoms with van der Waals surface area (Å²) in [5, 5.41) is 0.582. The molecule has 1 heterocycles. The van der Waals surface area contributed by atoms with Crippen molar-refractivity contribution in [3.8, 4) is 0 Å². The smallest absolute Gasteiger partial charge is 0.228 e. The van der Waals surface area contributed by atoms with Gasteiger partial charge in [-0.3, -0.25) is 4.79 Å². The number of para-hydroxylation sites is 1. The number of rotatable bonds is 2. The number of hydrogen-bond acceptors (Lipinski definition) is 2. The predicted octanol–water partition coefficient (Wildman–Crippen LogP) is 4.57. The van der Waals surface area contributed by atoms with E-state index in [4.69, 9.17) is 4.42 Å². The average Bonchev–Trinajstić information content (AvgIpc) is 2.83. The molecule has 1 aromatic heterocycles. The van der Waals surface area contributed by atoms with Crippen molar-refractivity contribution < 1.29 is 13.6 Å². The molecule has 19 heavy (non-hydrogen) atoms. The maximum absolute atomic E-state index is 13.5. The first-order valence-corrected chi connectivity index (χ1v) is 6.43. The van der Waals surface area contributed by atoms with Crippen LogP contribution in [0, 0.1) is 5.82 Å². The molecule has 0 spiro atoms. The normalized spacial score (nSPS) is 10.8. The van der Waals surface area contributed by atoms with Crippen molar-refractivity contribution >= 4 is 32.7 Å². The minimum Gasteiger partial charge on any atom is -0.449 e. The number of carbonyl (C=O) groups is 1. The van der Waals surface area contributed by atoms with Crippen molar-refractivity contribution in [2.75, 3.05) is 0 Å². The van der Waals surface area contributed by atoms with Crippen LogP contribution in [0.15, 0.2) is 57.4 Å². The Balaban J connectivity index is 2.09. The van der Waals surface area contributed by atoms with Gasteiger partial charge < -0.3 is 4.42 Å². The number of furan rings is 1. The summed E-state index contributed by atoms with van der Waals surface area (Å²) >= 11 is 3.31. The van der Waals surface area contributed by atoms with Crippen LogP contribution in [-0.2, 0) is 0 Å². The summed E-state index contributed by atoms with van der Waals surface area (Å²) in [4.78, 5) is 12.2. The Labute approximate surface area is 117 Å². The lowest BCUT2D eigenvalue weighted by Crippen LogP contribution is -1.98. The van der Waals surface area contributed by atoms with E-state index in [1.807, 2.05) is 6.07 Å². The fourth-order valence-electron chi connectivity index (χ4n) is 1.91. The first kappa shape index (κ1) is 12.1. The summed E-state index contributed by atoms with van der Waals surface area (Å²) < 4.78 is 19.6. The molecule has 0 bridgehead atoms. The van der Waals surface area contributed by atoms with Crippen molar-refractivity contribution in [1.29, 1.82) is 0 Å². The molecule has 0 radical (unpaired) electrons. The van der Waals surface area contributed by atoms with Gasteiger partial charge in [0.15, 0.2) is 17.2 Å². The Morgan fingerprint density at radius 3 is 2.63 bits per heavy atom. The molecule has 2 aromatic carbocycles. The number of benzene rings is 2. The highest BCUT2D eigenvalue weighted by Gasteiger charge is 2.16. The number of hydrogen-bond donors (Lipinski definition) is 0. The third kappa shape index (κ3) is 2.19. The molecule has 0 atom stereocenters. The van der Waals surface area contributed by atoms with Crippen molar-refractivity contribution in [2.45, 2.75) is 0 Å². The van der Waals surface area contributed by atoms with Crippen LogP contribution in [0.5, 0.6) is 0 Å². The van der Waals surface area contributed by atoms with Crippen LogP contribution in [0.1, 0.15) is 16.1 Å². The van der Waals surface area contributed by atoms with Gasteiger partial charge in [-0.1, -0.05) is 40.2 Å². The minimum absolute atomic E-state index is 0.112. The molecule has 2 nitrogen and oxygen atoms in total. The van der Waals surface area contributed by atoms with Crippen molar-refractivity contribution in [2.24, 2.45) is 0 Å². The molecular weight excluding hydrogens is 311 g/mol. The highest BCUT2D eigenvalue weighted by Crippen LogP contribution is 2.24. The lowest BCUT2D eigenvalue weighted by atomic mass is 10.1. The van der Waals surface area contributed by atoms with Gasteiger partial charge in [0.2, 0.25) is 5.78 Å². The highest BCUT2D eigenvalue weighted by atomic mass is 79.9. The van der Waals surface area contributed by atoms with Gasteiger partial charge in [0.05, 0.1) is 0 Å². The van der Waals surface area contributed by atoms with E-state index >= 15 is 0 Å². The summed E-state index contributed by atoms with van der Waals surface area (Å²) in [5.74, 6) is -0.596. The van der Waals surface area contributed by atoms with Gasteiger partial charge in [-0.05, 0) is 24.3 Å². The molecule has 0 saturated heterocycles. The zero-order valence-electron chi connectivity index (χ0n) is 9.69. The van der Waals surface area contributed by atoms with Gasteiger partial charge >= 0.3 is 0 Å². The Hall–Kier alpha value is -1.94. The summed E-state index contributed by atoms with van der Waals surface area (Å²) in [6.45, 7) is 0. The van der Waals surface area contributed by atoms with Crippen molar-refractivity contribution in [1.82, 2.24) is 0 Å². The van der Waals surface area contributed by atoms with E-state index in [2.05, 4.69) is 15.9 Å². The molecule has 3 rings (SSSR count). The van der Waals surface area contributed by atoms with Crippen molar-refractivity contribution in [3.05, 3.63) is 70.1 Å². The van der Waals surface area contributed by atoms with Gasteiger partial charge in [0.25, 0.3) is 0 Å². The monoisotopic (exact) mass is 318 g/mol. The van der Waals surface area contributed by atoms with Gasteiger partial charge in [0.1, 0.15) is 0 Å². The lowest BCUT2D eigenvalue weighted by molar-refractivity contribution is 0.101. The fourth-order valence-corrected chi connectivity index (χ4v) is 2.31. The van der Waals surface area contributed by atoms with E-state index in [-0.39, 0.29) is 17.1 Å². The van der Waals surface area contributed by atoms with E-state index in [1.165, 1.54) is 6.07 Å². The quantitative estimate of drug-likeness (QED) is 0.648. The Bertz CT molecular complexity index is 777. The lowest BCUT2D eigenvalue weighted by Gasteiger charge is -1.97. The molecule has 0 N–H and O–H groups in total. The van der Waals surface area contributed by atoms with Crippen LogP contribution in [-0.4, -0.2) is 5.78 Å². The number of carbonyl (C=O) groups excluding carboxylic acids is 1. The topological polar surface area (TPSA) is 30.2 Å². The SMILES string of the molecule is O=C(c1cccc(Br)c1)c1cc2cccc(F)c2o1. The first-order valence-electron chi connectivity index (χ1n) is 5.63. The summed E-state index contributed by atoms with van der Waals surface area (Å²) in [6, 6.07) is 13.1. The molecule has 3 aromatic rings. The molecular formula is C15H8BrFO2. The standard InChI is InChI=1S/C15H8BrFO2/c16-11-5-1-3-9(7-11)14(18)13-8-10-4-2-6-12(17)15(10)19-13/h1-8H. The summed E-state index contributed by atoms with van der Waals surface area (Å²) in [7, 11) is 0. The molecule has 0 unspecified atom stereocenters. The van der Waals surface area contributed by atoms with Crippen LogP contribution < -0.4 is 0 Å². The largest absolute Gasteiger partial charge is 0.449 e. The van der Waals surface area contributed by atoms with Gasteiger partial charge in [-0.25, -0.2) is 4.39 Å². The van der Waals surface area contributed by atoms with Crippen LogP contribution in [0.3, 0.4) is 0 Å². The van der Waals surface area contributed by atoms with Crippen molar-refractivity contribution in [3.63, 3.8) is 0 Å². The molecule has 94 valence electrons. The first-order chi connectivity index (χ1) is 9.15. The number of halogens is 2. The number of ketones is 1. The average molecular weight is 319 g/mol. The van der Waals surface area contributed by atoms with E-state index in [0.717, 1.165) is 4.47 Å². The Morgan fingerprint density at radius 2 is 1.89 bits per heavy atom. The van der Waals surface area contributed by atoms with E-state index in [0.29, 0.717) is 10.9 Å². The molecule has 0 aliphatic heterocycles. The molecule has 0 saturated carbocycles. The van der Waals surface area contributed by atoms with Crippen LogP contribution in [0.4, 0.5) is 4.39 Å². The highest BCUT2D eigenvalue weighted by molar-refractivity contribution is 9.10. The van der Waals surface area contributed by atoms with Gasteiger partial charge in [0, 0.05) is 15.4 Å². The predicted molar refractivity (Wildman–Crippen MR) is 73.7 cm³/mol. The molecule has 4 heteroatoms. The second-order valence-corrected chi connectivity index (χ2v) is 5.02. The second kappa shape index (κ2) is 4.63. The second-order valence-electron chi connectivity index (χ2n) is 4.11. The van der Waals surface area contributed by atoms with E-state index in [9.17, 15) is 9.18 Å². The summed E-state index contributed by atoms with van der Waals surface area (Å²) in [5.41, 5.74) is 0.606. The Kier molecular flexibility index (Phi) is 2.95.